The van der Waals surface area contributed by atoms with Gasteiger partial charge >= 0.3 is 5.97 Å². The second-order valence-electron chi connectivity index (χ2n) is 4.74. The average molecular weight is 273 g/mol. The molecular formula is C12H19NO4S. The molecule has 0 spiro atoms. The normalized spacial score (nSPS) is 26.0. The summed E-state index contributed by atoms with van der Waals surface area (Å²) in [7, 11) is 0. The van der Waals surface area contributed by atoms with Crippen LogP contribution in [0.4, 0.5) is 0 Å². The van der Waals surface area contributed by atoms with Crippen LogP contribution in [-0.2, 0) is 14.3 Å². The Morgan fingerprint density at radius 2 is 2.06 bits per heavy atom. The van der Waals surface area contributed by atoms with Gasteiger partial charge in [-0.2, -0.15) is 11.8 Å². The molecule has 0 aliphatic carbocycles. The van der Waals surface area contributed by atoms with Crippen LogP contribution in [0.5, 0.6) is 0 Å². The summed E-state index contributed by atoms with van der Waals surface area (Å²) < 4.78 is 5.29. The summed E-state index contributed by atoms with van der Waals surface area (Å²) in [6.45, 7) is 1.39. The average Bonchev–Trinajstić information content (AvgIpc) is 2.39. The van der Waals surface area contributed by atoms with E-state index in [0.717, 1.165) is 24.3 Å². The fourth-order valence-electron chi connectivity index (χ4n) is 2.49. The molecule has 0 aromatic heterocycles. The van der Waals surface area contributed by atoms with E-state index in [2.05, 4.69) is 0 Å². The Labute approximate surface area is 111 Å². The second-order valence-corrected chi connectivity index (χ2v) is 5.97. The summed E-state index contributed by atoms with van der Waals surface area (Å²) in [6, 6.07) is -0.293. The van der Waals surface area contributed by atoms with Crippen molar-refractivity contribution in [3.63, 3.8) is 0 Å². The van der Waals surface area contributed by atoms with Crippen molar-refractivity contribution < 1.29 is 19.4 Å². The summed E-state index contributed by atoms with van der Waals surface area (Å²) in [5.41, 5.74) is 0. The number of carboxylic acids is 1. The lowest BCUT2D eigenvalue weighted by molar-refractivity contribution is -0.149. The van der Waals surface area contributed by atoms with Gasteiger partial charge in [0.25, 0.3) is 0 Å². The number of nitrogens with zero attached hydrogens (tertiary/aromatic N) is 1. The summed E-state index contributed by atoms with van der Waals surface area (Å²) in [5, 5.41) is 8.88. The summed E-state index contributed by atoms with van der Waals surface area (Å²) >= 11 is 1.88. The van der Waals surface area contributed by atoms with Gasteiger partial charge in [-0.15, -0.1) is 0 Å². The van der Waals surface area contributed by atoms with Crippen LogP contribution in [-0.4, -0.2) is 59.2 Å². The van der Waals surface area contributed by atoms with Gasteiger partial charge in [0.1, 0.15) is 0 Å². The second kappa shape index (κ2) is 6.43. The van der Waals surface area contributed by atoms with E-state index in [1.54, 1.807) is 4.90 Å². The largest absolute Gasteiger partial charge is 0.481 e. The summed E-state index contributed by atoms with van der Waals surface area (Å²) in [5.74, 6) is 1.40. The first-order chi connectivity index (χ1) is 8.68. The van der Waals surface area contributed by atoms with Crippen molar-refractivity contribution in [1.82, 2.24) is 4.90 Å². The number of rotatable bonds is 3. The molecule has 1 N–H and O–H groups in total. The van der Waals surface area contributed by atoms with Crippen LogP contribution in [0, 0.1) is 5.92 Å². The van der Waals surface area contributed by atoms with Crippen LogP contribution < -0.4 is 0 Å². The summed E-state index contributed by atoms with van der Waals surface area (Å²) in [4.78, 5) is 25.0. The predicted octanol–water partition coefficient (Wildman–Crippen LogP) is 0.832. The van der Waals surface area contributed by atoms with Crippen LogP contribution in [0.1, 0.15) is 19.3 Å². The minimum absolute atomic E-state index is 0.0206. The maximum atomic E-state index is 12.4. The van der Waals surface area contributed by atoms with Crippen molar-refractivity contribution in [2.45, 2.75) is 25.3 Å². The molecule has 6 heteroatoms. The van der Waals surface area contributed by atoms with Crippen molar-refractivity contribution in [3.8, 4) is 0 Å². The Bertz CT molecular complexity index is 317. The third-order valence-corrected chi connectivity index (χ3v) is 4.54. The van der Waals surface area contributed by atoms with Gasteiger partial charge in [0.15, 0.2) is 0 Å². The molecule has 0 bridgehead atoms. The first kappa shape index (κ1) is 13.7. The maximum Gasteiger partial charge on any atom is 0.305 e. The number of amides is 1. The molecule has 2 rings (SSSR count). The molecule has 2 heterocycles. The molecule has 2 aliphatic rings. The van der Waals surface area contributed by atoms with Crippen molar-refractivity contribution in [1.29, 1.82) is 0 Å². The van der Waals surface area contributed by atoms with Gasteiger partial charge in [0.05, 0.1) is 25.7 Å². The van der Waals surface area contributed by atoms with Crippen LogP contribution in [0.25, 0.3) is 0 Å². The fourth-order valence-corrected chi connectivity index (χ4v) is 3.60. The van der Waals surface area contributed by atoms with Gasteiger partial charge in [-0.05, 0) is 24.3 Å². The molecule has 0 aromatic rings. The molecule has 18 heavy (non-hydrogen) atoms. The standard InChI is InChI=1S/C12H19NO4S/c14-11(15)7-10-8-17-4-3-13(10)12(16)9-1-5-18-6-2-9/h9-10H,1-8H2,(H,14,15)/t10-/m0/s1. The van der Waals surface area contributed by atoms with E-state index in [9.17, 15) is 9.59 Å². The highest BCUT2D eigenvalue weighted by atomic mass is 32.2. The first-order valence-corrected chi connectivity index (χ1v) is 7.51. The van der Waals surface area contributed by atoms with Crippen LogP contribution in [0.15, 0.2) is 0 Å². The SMILES string of the molecule is O=C(O)C[C@H]1COCCN1C(=O)C1CCSCC1. The van der Waals surface area contributed by atoms with Crippen LogP contribution >= 0.6 is 11.8 Å². The molecule has 0 unspecified atom stereocenters. The number of aliphatic carboxylic acids is 1. The number of carbonyl (C=O) groups is 2. The third-order valence-electron chi connectivity index (χ3n) is 3.49. The van der Waals surface area contributed by atoms with Gasteiger partial charge in [-0.3, -0.25) is 9.59 Å². The number of thioether (sulfide) groups is 1. The first-order valence-electron chi connectivity index (χ1n) is 6.36. The molecule has 102 valence electrons. The Hall–Kier alpha value is -0.750. The Morgan fingerprint density at radius 1 is 1.33 bits per heavy atom. The Kier molecular flexibility index (Phi) is 4.88. The van der Waals surface area contributed by atoms with Crippen LogP contribution in [0.3, 0.4) is 0 Å². The fraction of sp³-hybridized carbons (Fsp3) is 0.833. The van der Waals surface area contributed by atoms with E-state index >= 15 is 0 Å². The monoisotopic (exact) mass is 273 g/mol. The molecule has 2 saturated heterocycles. The lowest BCUT2D eigenvalue weighted by atomic mass is 9.99. The van der Waals surface area contributed by atoms with E-state index in [0.29, 0.717) is 19.8 Å². The number of carboxylic acid groups (broad SMARTS) is 1. The Balaban J connectivity index is 1.98. The highest BCUT2D eigenvalue weighted by Gasteiger charge is 2.33. The van der Waals surface area contributed by atoms with E-state index in [-0.39, 0.29) is 24.3 Å². The number of hydrogen-bond acceptors (Lipinski definition) is 4. The number of morpholine rings is 1. The van der Waals surface area contributed by atoms with Crippen LogP contribution in [0.2, 0.25) is 0 Å². The molecule has 2 aliphatic heterocycles. The number of carbonyl (C=O) groups excluding carboxylic acids is 1. The Morgan fingerprint density at radius 3 is 2.72 bits per heavy atom. The van der Waals surface area contributed by atoms with E-state index < -0.39 is 5.97 Å². The van der Waals surface area contributed by atoms with Gasteiger partial charge in [-0.1, -0.05) is 0 Å². The maximum absolute atomic E-state index is 12.4. The highest BCUT2D eigenvalue weighted by Crippen LogP contribution is 2.26. The quantitative estimate of drug-likeness (QED) is 0.825. The van der Waals surface area contributed by atoms with Gasteiger partial charge in [0.2, 0.25) is 5.91 Å². The zero-order valence-electron chi connectivity index (χ0n) is 10.3. The molecular weight excluding hydrogens is 254 g/mol. The zero-order valence-corrected chi connectivity index (χ0v) is 11.2. The molecule has 1 atom stereocenters. The van der Waals surface area contributed by atoms with Gasteiger partial charge < -0.3 is 14.7 Å². The zero-order chi connectivity index (χ0) is 13.0. The van der Waals surface area contributed by atoms with E-state index in [4.69, 9.17) is 9.84 Å². The van der Waals surface area contributed by atoms with E-state index in [1.807, 2.05) is 11.8 Å². The molecule has 0 aromatic carbocycles. The van der Waals surface area contributed by atoms with Crippen molar-refractivity contribution in [3.05, 3.63) is 0 Å². The molecule has 2 fully saturated rings. The van der Waals surface area contributed by atoms with Gasteiger partial charge in [0, 0.05) is 12.5 Å². The molecule has 0 radical (unpaired) electrons. The summed E-state index contributed by atoms with van der Waals surface area (Å²) in [6.07, 6.45) is 1.81. The molecule has 0 saturated carbocycles. The minimum atomic E-state index is -0.873. The van der Waals surface area contributed by atoms with E-state index in [1.165, 1.54) is 0 Å². The predicted molar refractivity (Wildman–Crippen MR) is 68.6 cm³/mol. The van der Waals surface area contributed by atoms with Crippen molar-refractivity contribution in [2.24, 2.45) is 5.92 Å². The van der Waals surface area contributed by atoms with Crippen molar-refractivity contribution in [2.75, 3.05) is 31.3 Å². The minimum Gasteiger partial charge on any atom is -0.481 e. The number of ether oxygens (including phenoxy) is 1. The van der Waals surface area contributed by atoms with Gasteiger partial charge in [-0.25, -0.2) is 0 Å². The third kappa shape index (κ3) is 3.38. The lowest BCUT2D eigenvalue weighted by Gasteiger charge is -2.37. The lowest BCUT2D eigenvalue weighted by Crippen LogP contribution is -2.51. The molecule has 5 nitrogen and oxygen atoms in total. The topological polar surface area (TPSA) is 66.8 Å². The highest BCUT2D eigenvalue weighted by molar-refractivity contribution is 7.99. The van der Waals surface area contributed by atoms with Crippen molar-refractivity contribution >= 4 is 23.6 Å². The smallest absolute Gasteiger partial charge is 0.305 e. The molecule has 1 amide bonds. The number of hydrogen-bond donors (Lipinski definition) is 1.